The molecule has 0 aromatic heterocycles. The minimum Gasteiger partial charge on any atom is -0.315 e. The molecule has 39 heavy (non-hydrogen) atoms. The van der Waals surface area contributed by atoms with Crippen molar-refractivity contribution >= 4 is 0 Å². The summed E-state index contributed by atoms with van der Waals surface area (Å²) in [6.45, 7) is 5.85. The molecule has 0 unspecified atom stereocenters. The fraction of sp³-hybridized carbons (Fsp3) is 0.556. The molecule has 2 fully saturated rings. The summed E-state index contributed by atoms with van der Waals surface area (Å²) < 4.78 is 34.5. The van der Waals surface area contributed by atoms with Crippen LogP contribution >= 0.6 is 0 Å². The lowest BCUT2D eigenvalue weighted by Crippen LogP contribution is -2.23. The van der Waals surface area contributed by atoms with Gasteiger partial charge in [0.2, 0.25) is 0 Å². The molecule has 0 atom stereocenters. The minimum atomic E-state index is -3.19. The van der Waals surface area contributed by atoms with Crippen LogP contribution in [-0.2, 0) is 17.8 Å². The quantitative estimate of drug-likeness (QED) is 0.232. The van der Waals surface area contributed by atoms with Crippen LogP contribution in [-0.4, -0.2) is 6.11 Å². The van der Waals surface area contributed by atoms with Gasteiger partial charge in [0.25, 0.3) is 0 Å². The molecule has 0 aliphatic heterocycles. The van der Waals surface area contributed by atoms with E-state index in [9.17, 15) is 8.78 Å². The second-order valence-electron chi connectivity index (χ2n) is 12.0. The van der Waals surface area contributed by atoms with Gasteiger partial charge in [-0.15, -0.1) is 6.58 Å². The van der Waals surface area contributed by atoms with E-state index < -0.39 is 12.5 Å². The van der Waals surface area contributed by atoms with Crippen LogP contribution in [0.1, 0.15) is 118 Å². The molecule has 0 bridgehead atoms. The zero-order valence-electron chi connectivity index (χ0n) is 23.9. The van der Waals surface area contributed by atoms with Crippen molar-refractivity contribution in [2.45, 2.75) is 115 Å². The maximum atomic E-state index is 14.7. The van der Waals surface area contributed by atoms with Crippen molar-refractivity contribution in [3.63, 3.8) is 0 Å². The fourth-order valence-electron chi connectivity index (χ4n) is 6.69. The normalized spacial score (nSPS) is 24.2. The second-order valence-corrected chi connectivity index (χ2v) is 12.0. The van der Waals surface area contributed by atoms with Crippen LogP contribution in [0.15, 0.2) is 73.3 Å². The molecule has 0 spiro atoms. The van der Waals surface area contributed by atoms with Crippen molar-refractivity contribution in [3.05, 3.63) is 95.6 Å². The van der Waals surface area contributed by atoms with E-state index in [-0.39, 0.29) is 6.61 Å². The molecular formula is C36H48F2O. The summed E-state index contributed by atoms with van der Waals surface area (Å²) in [7, 11) is 0. The topological polar surface area (TPSA) is 9.23 Å². The smallest absolute Gasteiger partial charge is 0.315 e. The highest BCUT2D eigenvalue weighted by molar-refractivity contribution is 5.27. The highest BCUT2D eigenvalue weighted by atomic mass is 19.3. The van der Waals surface area contributed by atoms with Crippen LogP contribution in [0.2, 0.25) is 0 Å². The summed E-state index contributed by atoms with van der Waals surface area (Å²) >= 11 is 0. The number of hydrogen-bond donors (Lipinski definition) is 0. The van der Waals surface area contributed by atoms with Crippen LogP contribution in [0.5, 0.6) is 0 Å². The van der Waals surface area contributed by atoms with E-state index in [1.165, 1.54) is 81.8 Å². The van der Waals surface area contributed by atoms with Gasteiger partial charge in [0.15, 0.2) is 0 Å². The van der Waals surface area contributed by atoms with E-state index in [4.69, 9.17) is 4.74 Å². The predicted molar refractivity (Wildman–Crippen MR) is 159 cm³/mol. The van der Waals surface area contributed by atoms with E-state index in [2.05, 4.69) is 49.9 Å². The van der Waals surface area contributed by atoms with Gasteiger partial charge in [-0.2, -0.15) is 8.78 Å². The molecule has 0 heterocycles. The van der Waals surface area contributed by atoms with E-state index >= 15 is 0 Å². The fourth-order valence-corrected chi connectivity index (χ4v) is 6.69. The molecular weight excluding hydrogens is 486 g/mol. The molecule has 4 rings (SSSR count). The van der Waals surface area contributed by atoms with Crippen LogP contribution in [0.3, 0.4) is 0 Å². The van der Waals surface area contributed by atoms with Gasteiger partial charge in [0.05, 0.1) is 13.0 Å². The molecule has 3 heteroatoms. The molecule has 0 amide bonds. The van der Waals surface area contributed by atoms with Crippen molar-refractivity contribution in [1.29, 1.82) is 0 Å². The summed E-state index contributed by atoms with van der Waals surface area (Å²) in [4.78, 5) is 0. The Kier molecular flexibility index (Phi) is 11.4. The second kappa shape index (κ2) is 14.9. The number of ether oxygens (including phenoxy) is 1. The summed E-state index contributed by atoms with van der Waals surface area (Å²) in [5.74, 6) is 2.80. The molecule has 1 nitrogen and oxygen atoms in total. The van der Waals surface area contributed by atoms with Crippen LogP contribution in [0.25, 0.3) is 0 Å². The van der Waals surface area contributed by atoms with Gasteiger partial charge in [-0.25, -0.2) is 0 Å². The number of alkyl halides is 2. The highest BCUT2D eigenvalue weighted by Gasteiger charge is 2.31. The Morgan fingerprint density at radius 1 is 0.744 bits per heavy atom. The predicted octanol–water partition coefficient (Wildman–Crippen LogP) is 10.9. The van der Waals surface area contributed by atoms with E-state index in [1.54, 1.807) is 0 Å². The SMILES string of the molecule is C=CCCC1CCC(c2ccc(COC(F)(F)Cc3ccc(C4CCC(CC/C=C/C)CC4)cc3)cc2)CC1. The van der Waals surface area contributed by atoms with Crippen molar-refractivity contribution in [2.24, 2.45) is 11.8 Å². The van der Waals surface area contributed by atoms with Gasteiger partial charge >= 0.3 is 6.11 Å². The molecule has 0 N–H and O–H groups in total. The van der Waals surface area contributed by atoms with Gasteiger partial charge in [0.1, 0.15) is 0 Å². The van der Waals surface area contributed by atoms with Gasteiger partial charge in [0, 0.05) is 0 Å². The molecule has 0 radical (unpaired) electrons. The van der Waals surface area contributed by atoms with Gasteiger partial charge in [-0.3, -0.25) is 0 Å². The molecule has 2 aliphatic carbocycles. The van der Waals surface area contributed by atoms with E-state index in [0.29, 0.717) is 17.4 Å². The maximum absolute atomic E-state index is 14.7. The zero-order valence-corrected chi connectivity index (χ0v) is 23.9. The van der Waals surface area contributed by atoms with E-state index in [0.717, 1.165) is 23.8 Å². The molecule has 2 saturated carbocycles. The van der Waals surface area contributed by atoms with Crippen molar-refractivity contribution in [1.82, 2.24) is 0 Å². The standard InChI is InChI=1S/C36H48F2O/c1-3-5-7-9-29-12-20-32(21-13-29)34-22-14-30(15-23-34)26-36(37,38)39-27-31-16-24-35(25-17-31)33-18-10-28(11-19-33)8-6-4-2/h3-5,14-17,22-25,28-29,32-33H,2,6-13,18-21,26-27H2,1H3/b5-3+. The van der Waals surface area contributed by atoms with E-state index in [1.807, 2.05) is 30.3 Å². The molecule has 0 saturated heterocycles. The zero-order chi connectivity index (χ0) is 27.5. The monoisotopic (exact) mass is 534 g/mol. The lowest BCUT2D eigenvalue weighted by Gasteiger charge is -2.29. The Bertz CT molecular complexity index is 1010. The van der Waals surface area contributed by atoms with Gasteiger partial charge in [-0.1, -0.05) is 66.8 Å². The first-order valence-electron chi connectivity index (χ1n) is 15.4. The Morgan fingerprint density at radius 3 is 1.72 bits per heavy atom. The van der Waals surface area contributed by atoms with Gasteiger partial charge in [-0.05, 0) is 130 Å². The first-order valence-corrected chi connectivity index (χ1v) is 15.4. The number of rotatable bonds is 13. The molecule has 2 aromatic rings. The highest BCUT2D eigenvalue weighted by Crippen LogP contribution is 2.39. The first kappa shape index (κ1) is 29.7. The Morgan fingerprint density at radius 2 is 1.23 bits per heavy atom. The number of allylic oxidation sites excluding steroid dienone is 3. The van der Waals surface area contributed by atoms with Crippen molar-refractivity contribution < 1.29 is 13.5 Å². The average molecular weight is 535 g/mol. The third-order valence-corrected chi connectivity index (χ3v) is 9.21. The summed E-state index contributed by atoms with van der Waals surface area (Å²) in [6, 6.07) is 16.0. The number of hydrogen-bond acceptors (Lipinski definition) is 1. The molecule has 212 valence electrons. The lowest BCUT2D eigenvalue weighted by atomic mass is 9.77. The first-order chi connectivity index (χ1) is 19.0. The molecule has 2 aromatic carbocycles. The number of halogens is 2. The number of benzene rings is 2. The largest absolute Gasteiger partial charge is 0.360 e. The summed E-state index contributed by atoms with van der Waals surface area (Å²) in [5.41, 5.74) is 4.05. The summed E-state index contributed by atoms with van der Waals surface area (Å²) in [5, 5.41) is 0. The van der Waals surface area contributed by atoms with Gasteiger partial charge < -0.3 is 4.74 Å². The van der Waals surface area contributed by atoms with Crippen molar-refractivity contribution in [2.75, 3.05) is 0 Å². The Hall–Kier alpha value is -2.26. The average Bonchev–Trinajstić information content (AvgIpc) is 2.96. The van der Waals surface area contributed by atoms with Crippen LogP contribution in [0.4, 0.5) is 8.78 Å². The lowest BCUT2D eigenvalue weighted by molar-refractivity contribution is -0.244. The van der Waals surface area contributed by atoms with Crippen LogP contribution in [0, 0.1) is 11.8 Å². The third-order valence-electron chi connectivity index (χ3n) is 9.21. The molecule has 2 aliphatic rings. The van der Waals surface area contributed by atoms with Crippen molar-refractivity contribution in [3.8, 4) is 0 Å². The summed E-state index contributed by atoms with van der Waals surface area (Å²) in [6.07, 6.45) is 17.6. The minimum absolute atomic E-state index is 0.0725. The Balaban J connectivity index is 1.20. The third kappa shape index (κ3) is 9.41. The van der Waals surface area contributed by atoms with Crippen LogP contribution < -0.4 is 0 Å². The Labute approximate surface area is 235 Å². The maximum Gasteiger partial charge on any atom is 0.360 e.